The van der Waals surface area contributed by atoms with Gasteiger partial charge in [0.2, 0.25) is 5.91 Å². The van der Waals surface area contributed by atoms with E-state index in [0.29, 0.717) is 36.5 Å². The number of halogens is 2. The van der Waals surface area contributed by atoms with Crippen LogP contribution in [0.3, 0.4) is 0 Å². The Morgan fingerprint density at radius 3 is 2.49 bits per heavy atom. The van der Waals surface area contributed by atoms with Gasteiger partial charge < -0.3 is 24.8 Å². The molecule has 0 bridgehead atoms. The standard InChI is InChI=1S/C31H33ClFN5O5/c1-16-20-6-5-19(32)9-17(20)7-8-36(16)27(39)13-34-23-10-18-11-24(35-28(40)21(18)12-22(23)33)29(41)37-14-26-25(37)15-38(26)30(42)43-31(2,3)4/h5-6,9-12,16,25-26,34H,7-8,13-15H2,1-4H3,(H,35,40)/t16-,25?,26?/m0/s1. The van der Waals surface area contributed by atoms with E-state index in [-0.39, 0.29) is 53.3 Å². The van der Waals surface area contributed by atoms with Crippen LogP contribution in [0.2, 0.25) is 5.02 Å². The van der Waals surface area contributed by atoms with Gasteiger partial charge in [-0.15, -0.1) is 0 Å². The van der Waals surface area contributed by atoms with E-state index >= 15 is 0 Å². The van der Waals surface area contributed by atoms with Crippen LogP contribution in [0.25, 0.3) is 10.8 Å². The quantitative estimate of drug-likeness (QED) is 0.455. The summed E-state index contributed by atoms with van der Waals surface area (Å²) >= 11 is 6.12. The number of rotatable bonds is 4. The number of nitrogens with one attached hydrogen (secondary N) is 2. The summed E-state index contributed by atoms with van der Waals surface area (Å²) < 4.78 is 20.4. The van der Waals surface area contributed by atoms with E-state index in [4.69, 9.17) is 16.3 Å². The minimum atomic E-state index is -0.682. The van der Waals surface area contributed by atoms with Crippen molar-refractivity contribution >= 4 is 46.0 Å². The van der Waals surface area contributed by atoms with Gasteiger partial charge in [0.25, 0.3) is 11.5 Å². The molecule has 10 nitrogen and oxygen atoms in total. The molecule has 6 rings (SSSR count). The summed E-state index contributed by atoms with van der Waals surface area (Å²) in [7, 11) is 0. The molecule has 3 aliphatic rings. The molecule has 226 valence electrons. The predicted octanol–water partition coefficient (Wildman–Crippen LogP) is 4.32. The van der Waals surface area contributed by atoms with Gasteiger partial charge in [-0.3, -0.25) is 19.3 Å². The number of amides is 3. The van der Waals surface area contributed by atoms with Crippen molar-refractivity contribution in [2.24, 2.45) is 0 Å². The van der Waals surface area contributed by atoms with E-state index in [2.05, 4.69) is 10.3 Å². The molecule has 12 heteroatoms. The summed E-state index contributed by atoms with van der Waals surface area (Å²) in [6.07, 6.45) is 0.262. The van der Waals surface area contributed by atoms with Crippen LogP contribution in [-0.4, -0.2) is 81.5 Å². The minimum Gasteiger partial charge on any atom is -0.444 e. The predicted molar refractivity (Wildman–Crippen MR) is 160 cm³/mol. The van der Waals surface area contributed by atoms with Crippen LogP contribution in [0, 0.1) is 5.82 Å². The van der Waals surface area contributed by atoms with Crippen LogP contribution in [0.1, 0.15) is 55.4 Å². The zero-order chi connectivity index (χ0) is 30.8. The molecule has 2 aromatic carbocycles. The number of piperazine rings is 1. The number of pyridine rings is 1. The van der Waals surface area contributed by atoms with E-state index in [9.17, 15) is 23.6 Å². The number of nitrogens with zero attached hydrogens (tertiary/aromatic N) is 3. The molecule has 1 aromatic heterocycles. The van der Waals surface area contributed by atoms with Gasteiger partial charge in [-0.1, -0.05) is 17.7 Å². The van der Waals surface area contributed by atoms with Gasteiger partial charge in [0.1, 0.15) is 17.1 Å². The lowest BCUT2D eigenvalue weighted by Crippen LogP contribution is -2.80. The fraction of sp³-hybridized carbons (Fsp3) is 0.419. The smallest absolute Gasteiger partial charge is 0.410 e. The van der Waals surface area contributed by atoms with Gasteiger partial charge in [0.15, 0.2) is 0 Å². The number of anilines is 1. The monoisotopic (exact) mass is 609 g/mol. The largest absolute Gasteiger partial charge is 0.444 e. The maximum Gasteiger partial charge on any atom is 0.410 e. The van der Waals surface area contributed by atoms with E-state index in [0.717, 1.165) is 17.2 Å². The van der Waals surface area contributed by atoms with Gasteiger partial charge in [-0.05, 0) is 81.0 Å². The number of hydrogen-bond donors (Lipinski definition) is 2. The number of aromatic amines is 1. The molecule has 0 spiro atoms. The highest BCUT2D eigenvalue weighted by atomic mass is 35.5. The number of aromatic nitrogens is 1. The van der Waals surface area contributed by atoms with Gasteiger partial charge in [-0.25, -0.2) is 9.18 Å². The Morgan fingerprint density at radius 1 is 1.07 bits per heavy atom. The van der Waals surface area contributed by atoms with E-state index in [1.807, 2.05) is 19.1 Å². The Morgan fingerprint density at radius 2 is 1.79 bits per heavy atom. The highest BCUT2D eigenvalue weighted by molar-refractivity contribution is 6.30. The number of benzene rings is 2. The molecule has 2 unspecified atom stereocenters. The summed E-state index contributed by atoms with van der Waals surface area (Å²) in [4.78, 5) is 59.1. The van der Waals surface area contributed by atoms with Crippen LogP contribution in [0.15, 0.2) is 41.2 Å². The van der Waals surface area contributed by atoms with Crippen LogP contribution in [0.4, 0.5) is 14.9 Å². The van der Waals surface area contributed by atoms with Crippen molar-refractivity contribution in [1.29, 1.82) is 0 Å². The summed E-state index contributed by atoms with van der Waals surface area (Å²) in [6, 6.07) is 9.27. The molecule has 3 amide bonds. The van der Waals surface area contributed by atoms with Gasteiger partial charge in [0.05, 0.1) is 35.7 Å². The molecule has 2 N–H and O–H groups in total. The third-order valence-electron chi connectivity index (χ3n) is 8.46. The highest BCUT2D eigenvalue weighted by Crippen LogP contribution is 2.36. The number of carbonyl (C=O) groups is 3. The molecule has 4 heterocycles. The minimum absolute atomic E-state index is 0.0534. The SMILES string of the molecule is C[C@H]1c2ccc(Cl)cc2CCN1C(=O)CNc1cc2cc(C(=O)N3CC4C3CN4C(=O)OC(C)(C)C)[nH]c(=O)c2cc1F. The van der Waals surface area contributed by atoms with Crippen LogP contribution >= 0.6 is 11.6 Å². The number of H-pyrrole nitrogens is 1. The topological polar surface area (TPSA) is 115 Å². The number of carbonyl (C=O) groups excluding carboxylic acids is 3. The van der Waals surface area contributed by atoms with Crippen molar-refractivity contribution in [3.8, 4) is 0 Å². The molecule has 3 aromatic rings. The Kier molecular flexibility index (Phi) is 7.11. The van der Waals surface area contributed by atoms with Crippen LogP contribution in [-0.2, 0) is 16.0 Å². The maximum atomic E-state index is 15.0. The number of likely N-dealkylation sites (tertiary alicyclic amines) is 2. The third kappa shape index (κ3) is 5.30. The van der Waals surface area contributed by atoms with Crippen molar-refractivity contribution in [2.75, 3.05) is 31.5 Å². The molecule has 2 saturated heterocycles. The summed E-state index contributed by atoms with van der Waals surface area (Å²) in [6.45, 7) is 8.39. The normalized spacial score (nSPS) is 21.0. The van der Waals surface area contributed by atoms with E-state index < -0.39 is 23.1 Å². The lowest BCUT2D eigenvalue weighted by Gasteiger charge is -2.61. The molecule has 43 heavy (non-hydrogen) atoms. The van der Waals surface area contributed by atoms with Gasteiger partial charge in [0, 0.05) is 24.7 Å². The Balaban J connectivity index is 1.13. The van der Waals surface area contributed by atoms with Crippen molar-refractivity contribution in [1.82, 2.24) is 19.7 Å². The van der Waals surface area contributed by atoms with E-state index in [1.54, 1.807) is 41.5 Å². The van der Waals surface area contributed by atoms with Gasteiger partial charge in [-0.2, -0.15) is 0 Å². The first-order valence-electron chi connectivity index (χ1n) is 14.3. The molecule has 0 radical (unpaired) electrons. The lowest BCUT2D eigenvalue weighted by molar-refractivity contribution is -0.131. The zero-order valence-corrected chi connectivity index (χ0v) is 25.1. The number of fused-ring (bicyclic) bond motifs is 3. The van der Waals surface area contributed by atoms with Gasteiger partial charge >= 0.3 is 6.09 Å². The number of ether oxygens (including phenoxy) is 1. The first-order valence-corrected chi connectivity index (χ1v) is 14.7. The van der Waals surface area contributed by atoms with Crippen LogP contribution < -0.4 is 10.9 Å². The average Bonchev–Trinajstić information content (AvgIpc) is 2.92. The number of hydrogen-bond acceptors (Lipinski definition) is 6. The maximum absolute atomic E-state index is 15.0. The molecule has 0 aliphatic carbocycles. The Labute approximate surface area is 252 Å². The molecular weight excluding hydrogens is 577 g/mol. The summed E-state index contributed by atoms with van der Waals surface area (Å²) in [5.74, 6) is -1.25. The fourth-order valence-electron chi connectivity index (χ4n) is 6.12. The highest BCUT2D eigenvalue weighted by Gasteiger charge is 2.56. The molecular formula is C31H33ClFN5O5. The second-order valence-electron chi connectivity index (χ2n) is 12.4. The lowest BCUT2D eigenvalue weighted by atomic mass is 9.85. The van der Waals surface area contributed by atoms with Crippen molar-refractivity contribution in [3.63, 3.8) is 0 Å². The van der Waals surface area contributed by atoms with Crippen LogP contribution in [0.5, 0.6) is 0 Å². The molecule has 2 fully saturated rings. The van der Waals surface area contributed by atoms with Crippen molar-refractivity contribution in [2.45, 2.75) is 57.8 Å². The third-order valence-corrected chi connectivity index (χ3v) is 8.69. The molecule has 3 aliphatic heterocycles. The van der Waals surface area contributed by atoms with E-state index in [1.165, 1.54) is 12.1 Å². The van der Waals surface area contributed by atoms with Crippen molar-refractivity contribution in [3.05, 3.63) is 74.4 Å². The second kappa shape index (κ2) is 10.6. The Hall–Kier alpha value is -4.12. The molecule has 3 atom stereocenters. The fourth-order valence-corrected chi connectivity index (χ4v) is 6.32. The first kappa shape index (κ1) is 29.0. The summed E-state index contributed by atoms with van der Waals surface area (Å²) in [5.41, 5.74) is 1.06. The second-order valence-corrected chi connectivity index (χ2v) is 12.8. The summed E-state index contributed by atoms with van der Waals surface area (Å²) in [5, 5.41) is 3.99. The first-order chi connectivity index (χ1) is 20.3. The average molecular weight is 610 g/mol. The molecule has 0 saturated carbocycles. The zero-order valence-electron chi connectivity index (χ0n) is 24.4. The van der Waals surface area contributed by atoms with Crippen molar-refractivity contribution < 1.29 is 23.5 Å². The Bertz CT molecular complexity index is 1720.